The summed E-state index contributed by atoms with van der Waals surface area (Å²) in [5.74, 6) is -0.402. The van der Waals surface area contributed by atoms with Crippen LogP contribution in [0.3, 0.4) is 0 Å². The van der Waals surface area contributed by atoms with Gasteiger partial charge in [0, 0.05) is 11.4 Å². The van der Waals surface area contributed by atoms with E-state index >= 15 is 0 Å². The van der Waals surface area contributed by atoms with Gasteiger partial charge in [-0.15, -0.1) is 0 Å². The van der Waals surface area contributed by atoms with Crippen molar-refractivity contribution < 1.29 is 13.2 Å². The molecule has 0 saturated carbocycles. The first-order chi connectivity index (χ1) is 7.95. The first kappa shape index (κ1) is 11.6. The van der Waals surface area contributed by atoms with Crippen LogP contribution in [-0.4, -0.2) is 9.97 Å². The molecule has 0 radical (unpaired) electrons. The summed E-state index contributed by atoms with van der Waals surface area (Å²) >= 11 is 1.41. The Balaban J connectivity index is 2.32. The number of rotatable bonds is 2. The van der Waals surface area contributed by atoms with Gasteiger partial charge in [0.15, 0.2) is 5.69 Å². The molecule has 0 aliphatic rings. The molecule has 17 heavy (non-hydrogen) atoms. The van der Waals surface area contributed by atoms with Crippen molar-refractivity contribution in [3.05, 3.63) is 28.6 Å². The third-order valence-corrected chi connectivity index (χ3v) is 2.51. The minimum atomic E-state index is -4.54. The molecule has 2 aromatic heterocycles. The Bertz CT molecular complexity index is 509. The Morgan fingerprint density at radius 3 is 2.65 bits per heavy atom. The van der Waals surface area contributed by atoms with Crippen molar-refractivity contribution in [2.75, 3.05) is 11.1 Å². The summed E-state index contributed by atoms with van der Waals surface area (Å²) in [5, 5.41) is 6.25. The van der Waals surface area contributed by atoms with Gasteiger partial charge in [-0.1, -0.05) is 0 Å². The standard InChI is InChI=1S/C9H7F3N4S/c10-9(11,12)6-3-7(16-8(13)15-6)14-5-1-2-17-4-5/h1-4H,(H3,13,14,15,16). The molecule has 0 atom stereocenters. The summed E-state index contributed by atoms with van der Waals surface area (Å²) in [6.45, 7) is 0. The van der Waals surface area contributed by atoms with Gasteiger partial charge in [-0.3, -0.25) is 0 Å². The van der Waals surface area contributed by atoms with Crippen molar-refractivity contribution in [1.29, 1.82) is 0 Å². The van der Waals surface area contributed by atoms with Gasteiger partial charge in [0.25, 0.3) is 0 Å². The lowest BCUT2D eigenvalue weighted by Gasteiger charge is -2.09. The van der Waals surface area contributed by atoms with Crippen LogP contribution in [0.1, 0.15) is 5.69 Å². The highest BCUT2D eigenvalue weighted by atomic mass is 32.1. The molecule has 0 unspecified atom stereocenters. The molecule has 0 bridgehead atoms. The largest absolute Gasteiger partial charge is 0.433 e. The van der Waals surface area contributed by atoms with Crippen LogP contribution in [-0.2, 0) is 6.18 Å². The van der Waals surface area contributed by atoms with Crippen molar-refractivity contribution in [3.63, 3.8) is 0 Å². The number of thiophene rings is 1. The van der Waals surface area contributed by atoms with Crippen LogP contribution < -0.4 is 11.1 Å². The van der Waals surface area contributed by atoms with E-state index in [-0.39, 0.29) is 5.82 Å². The summed E-state index contributed by atoms with van der Waals surface area (Å²) in [7, 11) is 0. The Kier molecular flexibility index (Phi) is 2.88. The second-order valence-corrected chi connectivity index (χ2v) is 3.91. The van der Waals surface area contributed by atoms with Crippen LogP contribution in [0.25, 0.3) is 0 Å². The van der Waals surface area contributed by atoms with Crippen molar-refractivity contribution in [2.45, 2.75) is 6.18 Å². The maximum Gasteiger partial charge on any atom is 0.433 e. The molecule has 0 fully saturated rings. The van der Waals surface area contributed by atoms with Gasteiger partial charge < -0.3 is 11.1 Å². The summed E-state index contributed by atoms with van der Waals surface area (Å²) in [6.07, 6.45) is -4.54. The number of nitrogens with zero attached hydrogens (tertiary/aromatic N) is 2. The zero-order chi connectivity index (χ0) is 12.5. The summed E-state index contributed by atoms with van der Waals surface area (Å²) < 4.78 is 37.4. The van der Waals surface area contributed by atoms with E-state index in [1.807, 2.05) is 0 Å². The number of nitrogens with two attached hydrogens (primary N) is 1. The predicted molar refractivity (Wildman–Crippen MR) is 59.0 cm³/mol. The highest BCUT2D eigenvalue weighted by Crippen LogP contribution is 2.30. The second-order valence-electron chi connectivity index (χ2n) is 3.13. The highest BCUT2D eigenvalue weighted by molar-refractivity contribution is 7.08. The van der Waals surface area contributed by atoms with E-state index in [9.17, 15) is 13.2 Å². The number of hydrogen-bond donors (Lipinski definition) is 2. The monoisotopic (exact) mass is 260 g/mol. The predicted octanol–water partition coefficient (Wildman–Crippen LogP) is 2.88. The lowest BCUT2D eigenvalue weighted by molar-refractivity contribution is -0.141. The van der Waals surface area contributed by atoms with E-state index in [2.05, 4.69) is 15.3 Å². The van der Waals surface area contributed by atoms with E-state index in [1.165, 1.54) is 11.3 Å². The molecular weight excluding hydrogens is 253 g/mol. The quantitative estimate of drug-likeness (QED) is 0.871. The van der Waals surface area contributed by atoms with Crippen LogP contribution in [0.4, 0.5) is 30.6 Å². The number of nitrogen functional groups attached to an aromatic ring is 1. The second kappa shape index (κ2) is 4.21. The first-order valence-electron chi connectivity index (χ1n) is 4.46. The molecule has 3 N–H and O–H groups in total. The van der Waals surface area contributed by atoms with Gasteiger partial charge in [0.1, 0.15) is 5.82 Å². The minimum absolute atomic E-state index is 0.0169. The third kappa shape index (κ3) is 2.84. The third-order valence-electron chi connectivity index (χ3n) is 1.83. The summed E-state index contributed by atoms with van der Waals surface area (Å²) in [4.78, 5) is 6.82. The van der Waals surface area contributed by atoms with Crippen molar-refractivity contribution in [1.82, 2.24) is 9.97 Å². The number of halogens is 3. The van der Waals surface area contributed by atoms with Crippen molar-refractivity contribution in [2.24, 2.45) is 0 Å². The zero-order valence-electron chi connectivity index (χ0n) is 8.32. The van der Waals surface area contributed by atoms with Crippen LogP contribution in [0.15, 0.2) is 22.9 Å². The Morgan fingerprint density at radius 1 is 1.29 bits per heavy atom. The average molecular weight is 260 g/mol. The van der Waals surface area contributed by atoms with E-state index in [0.29, 0.717) is 5.69 Å². The molecule has 2 aromatic rings. The SMILES string of the molecule is Nc1nc(Nc2ccsc2)cc(C(F)(F)F)n1. The van der Waals surface area contributed by atoms with Gasteiger partial charge in [-0.25, -0.2) is 4.98 Å². The van der Waals surface area contributed by atoms with Crippen molar-refractivity contribution >= 4 is 28.8 Å². The maximum absolute atomic E-state index is 12.5. The Morgan fingerprint density at radius 2 is 2.06 bits per heavy atom. The van der Waals surface area contributed by atoms with E-state index in [0.717, 1.165) is 6.07 Å². The molecular formula is C9H7F3N4S. The average Bonchev–Trinajstić information content (AvgIpc) is 2.68. The lowest BCUT2D eigenvalue weighted by Crippen LogP contribution is -2.11. The zero-order valence-corrected chi connectivity index (χ0v) is 9.14. The van der Waals surface area contributed by atoms with Crippen molar-refractivity contribution in [3.8, 4) is 0 Å². The molecule has 0 aliphatic heterocycles. The number of aromatic nitrogens is 2. The fourth-order valence-corrected chi connectivity index (χ4v) is 1.75. The number of alkyl halides is 3. The Labute approximate surface area is 98.3 Å². The topological polar surface area (TPSA) is 63.8 Å². The highest BCUT2D eigenvalue weighted by Gasteiger charge is 2.33. The Hall–Kier alpha value is -1.83. The lowest BCUT2D eigenvalue weighted by atomic mass is 10.3. The van der Waals surface area contributed by atoms with Gasteiger partial charge in [0.05, 0.1) is 5.69 Å². The molecule has 0 spiro atoms. The number of nitrogens with one attached hydrogen (secondary N) is 1. The molecule has 2 heterocycles. The van der Waals surface area contributed by atoms with Crippen LogP contribution in [0, 0.1) is 0 Å². The molecule has 2 rings (SSSR count). The summed E-state index contributed by atoms with van der Waals surface area (Å²) in [6, 6.07) is 2.53. The van der Waals surface area contributed by atoms with E-state index in [1.54, 1.807) is 16.8 Å². The first-order valence-corrected chi connectivity index (χ1v) is 5.40. The minimum Gasteiger partial charge on any atom is -0.368 e. The fourth-order valence-electron chi connectivity index (χ4n) is 1.16. The maximum atomic E-state index is 12.5. The molecule has 8 heteroatoms. The molecule has 0 aliphatic carbocycles. The van der Waals surface area contributed by atoms with Gasteiger partial charge >= 0.3 is 6.18 Å². The van der Waals surface area contributed by atoms with Gasteiger partial charge in [-0.05, 0) is 11.4 Å². The van der Waals surface area contributed by atoms with Crippen LogP contribution >= 0.6 is 11.3 Å². The van der Waals surface area contributed by atoms with Gasteiger partial charge in [-0.2, -0.15) is 29.5 Å². The molecule has 0 aromatic carbocycles. The number of hydrogen-bond acceptors (Lipinski definition) is 5. The number of anilines is 3. The van der Waals surface area contributed by atoms with E-state index in [4.69, 9.17) is 5.73 Å². The molecule has 4 nitrogen and oxygen atoms in total. The van der Waals surface area contributed by atoms with Crippen LogP contribution in [0.2, 0.25) is 0 Å². The molecule has 0 saturated heterocycles. The van der Waals surface area contributed by atoms with E-state index < -0.39 is 17.8 Å². The van der Waals surface area contributed by atoms with Crippen LogP contribution in [0.5, 0.6) is 0 Å². The summed E-state index contributed by atoms with van der Waals surface area (Å²) in [5.41, 5.74) is 4.81. The normalized spacial score (nSPS) is 11.5. The smallest absolute Gasteiger partial charge is 0.368 e. The molecule has 0 amide bonds. The molecule has 90 valence electrons. The van der Waals surface area contributed by atoms with Gasteiger partial charge in [0.2, 0.25) is 5.95 Å². The fraction of sp³-hybridized carbons (Fsp3) is 0.111.